The summed E-state index contributed by atoms with van der Waals surface area (Å²) >= 11 is 0. The van der Waals surface area contributed by atoms with Gasteiger partial charge in [-0.2, -0.15) is 0 Å². The average Bonchev–Trinajstić information content (AvgIpc) is 3.07. The molecule has 0 aliphatic carbocycles. The first-order chi connectivity index (χ1) is 13.4. The van der Waals surface area contributed by atoms with Crippen LogP contribution >= 0.6 is 0 Å². The molecular weight excluding hydrogens is 390 g/mol. The van der Waals surface area contributed by atoms with E-state index in [1.165, 1.54) is 13.1 Å². The van der Waals surface area contributed by atoms with Gasteiger partial charge in [-0.3, -0.25) is 4.79 Å². The van der Waals surface area contributed by atoms with Crippen molar-refractivity contribution in [1.29, 1.82) is 0 Å². The highest BCUT2D eigenvalue weighted by atomic mass is 32.2. The van der Waals surface area contributed by atoms with Crippen LogP contribution in [0.25, 0.3) is 11.1 Å². The summed E-state index contributed by atoms with van der Waals surface area (Å²) in [7, 11) is -2.33. The first-order valence-corrected chi connectivity index (χ1v) is 10.7. The average molecular weight is 416 g/mol. The predicted molar refractivity (Wildman–Crippen MR) is 113 cm³/mol. The number of amides is 1. The van der Waals surface area contributed by atoms with E-state index in [1.54, 1.807) is 38.1 Å². The third kappa shape index (κ3) is 4.18. The van der Waals surface area contributed by atoms with E-state index in [-0.39, 0.29) is 15.9 Å². The van der Waals surface area contributed by atoms with Crippen LogP contribution in [0.5, 0.6) is 0 Å². The molecule has 3 rings (SSSR count). The lowest BCUT2D eigenvalue weighted by molar-refractivity contribution is 0.102. The van der Waals surface area contributed by atoms with Gasteiger partial charge in [0.2, 0.25) is 15.9 Å². The molecule has 0 unspecified atom stereocenters. The fraction of sp³-hybridized carbons (Fsp3) is 0.333. The summed E-state index contributed by atoms with van der Waals surface area (Å²) in [5.41, 5.74) is 3.19. The Bertz CT molecular complexity index is 1200. The molecule has 0 saturated heterocycles. The van der Waals surface area contributed by atoms with E-state index in [1.807, 2.05) is 20.8 Å². The Hall–Kier alpha value is -2.71. The molecule has 29 heavy (non-hydrogen) atoms. The number of oxazole rings is 1. The Morgan fingerprint density at radius 1 is 1.10 bits per heavy atom. The molecule has 0 saturated carbocycles. The summed E-state index contributed by atoms with van der Waals surface area (Å²) in [5.74, 6) is 0.214. The van der Waals surface area contributed by atoms with Crippen molar-refractivity contribution >= 4 is 32.7 Å². The van der Waals surface area contributed by atoms with Crippen LogP contribution in [-0.2, 0) is 15.4 Å². The van der Waals surface area contributed by atoms with Crippen molar-refractivity contribution in [2.24, 2.45) is 0 Å². The van der Waals surface area contributed by atoms with Crippen LogP contribution in [0.15, 0.2) is 39.6 Å². The number of fused-ring (bicyclic) bond motifs is 1. The summed E-state index contributed by atoms with van der Waals surface area (Å²) in [5, 5.41) is 2.81. The van der Waals surface area contributed by atoms with Crippen molar-refractivity contribution in [3.05, 3.63) is 52.9 Å². The fourth-order valence-corrected chi connectivity index (χ4v) is 3.94. The molecule has 0 aliphatic rings. The predicted octanol–water partition coefficient (Wildman–Crippen LogP) is 3.90. The zero-order valence-corrected chi connectivity index (χ0v) is 18.2. The maximum absolute atomic E-state index is 12.8. The molecule has 8 heteroatoms. The highest BCUT2D eigenvalue weighted by Crippen LogP contribution is 2.28. The van der Waals surface area contributed by atoms with Gasteiger partial charge in [0.25, 0.3) is 5.91 Å². The Labute approximate surface area is 170 Å². The van der Waals surface area contributed by atoms with Gasteiger partial charge in [0.05, 0.1) is 4.90 Å². The van der Waals surface area contributed by atoms with Crippen LogP contribution in [0.1, 0.15) is 48.1 Å². The topological polar surface area (TPSA) is 101 Å². The van der Waals surface area contributed by atoms with Gasteiger partial charge in [-0.15, -0.1) is 0 Å². The lowest BCUT2D eigenvalue weighted by Crippen LogP contribution is -2.21. The number of benzene rings is 2. The van der Waals surface area contributed by atoms with Crippen LogP contribution in [0.3, 0.4) is 0 Å². The second-order valence-corrected chi connectivity index (χ2v) is 9.88. The van der Waals surface area contributed by atoms with Gasteiger partial charge in [-0.25, -0.2) is 18.1 Å². The number of anilines is 1. The van der Waals surface area contributed by atoms with E-state index in [4.69, 9.17) is 4.42 Å². The number of sulfonamides is 1. The molecule has 7 nitrogen and oxygen atoms in total. The molecule has 2 aromatic carbocycles. The number of aromatic nitrogens is 1. The molecule has 1 heterocycles. The van der Waals surface area contributed by atoms with E-state index >= 15 is 0 Å². The van der Waals surface area contributed by atoms with Crippen molar-refractivity contribution < 1.29 is 17.6 Å². The van der Waals surface area contributed by atoms with Crippen LogP contribution in [0, 0.1) is 13.8 Å². The van der Waals surface area contributed by atoms with Gasteiger partial charge in [0.1, 0.15) is 5.52 Å². The van der Waals surface area contributed by atoms with Gasteiger partial charge in [-0.1, -0.05) is 20.8 Å². The first kappa shape index (κ1) is 21.0. The molecule has 1 amide bonds. The number of rotatable bonds is 4. The minimum absolute atomic E-state index is 0.0897. The van der Waals surface area contributed by atoms with Crippen molar-refractivity contribution in [2.45, 2.75) is 44.9 Å². The summed E-state index contributed by atoms with van der Waals surface area (Å²) in [6.45, 7) is 9.52. The number of nitrogens with zero attached hydrogens (tertiary/aromatic N) is 1. The molecule has 0 bridgehead atoms. The number of carbonyl (C=O) groups excluding carboxylic acids is 1. The second kappa shape index (κ2) is 7.27. The van der Waals surface area contributed by atoms with Gasteiger partial charge in [0.15, 0.2) is 5.58 Å². The van der Waals surface area contributed by atoms with Crippen LogP contribution in [-0.4, -0.2) is 26.4 Å². The molecule has 3 aromatic rings. The minimum Gasteiger partial charge on any atom is -0.440 e. The Morgan fingerprint density at radius 3 is 2.41 bits per heavy atom. The smallest absolute Gasteiger partial charge is 0.255 e. The maximum atomic E-state index is 12.8. The van der Waals surface area contributed by atoms with Crippen molar-refractivity contribution in [1.82, 2.24) is 9.71 Å². The molecule has 1 aromatic heterocycles. The third-order valence-electron chi connectivity index (χ3n) is 4.73. The van der Waals surface area contributed by atoms with Gasteiger partial charge in [0, 0.05) is 16.7 Å². The summed E-state index contributed by atoms with van der Waals surface area (Å²) in [6, 6.07) is 8.27. The molecule has 154 valence electrons. The van der Waals surface area contributed by atoms with Crippen LogP contribution < -0.4 is 10.0 Å². The quantitative estimate of drug-likeness (QED) is 0.673. The van der Waals surface area contributed by atoms with E-state index in [0.29, 0.717) is 33.8 Å². The Balaban J connectivity index is 1.94. The van der Waals surface area contributed by atoms with Crippen LogP contribution in [0.2, 0.25) is 0 Å². The van der Waals surface area contributed by atoms with E-state index in [9.17, 15) is 13.2 Å². The standard InChI is InChI=1S/C21H25N3O4S/c1-12-9-14(10-18(13(12)2)29(26,27)22-6)19(25)23-15-7-8-17-16(11-15)24-20(28-17)21(3,4)5/h7-11,22H,1-6H3,(H,23,25). The first-order valence-electron chi connectivity index (χ1n) is 9.19. The molecule has 0 radical (unpaired) electrons. The largest absolute Gasteiger partial charge is 0.440 e. The Kier molecular flexibility index (Phi) is 5.27. The number of nitrogens with one attached hydrogen (secondary N) is 2. The van der Waals surface area contributed by atoms with Crippen molar-refractivity contribution in [3.63, 3.8) is 0 Å². The molecule has 0 aliphatic heterocycles. The highest BCUT2D eigenvalue weighted by Gasteiger charge is 2.22. The number of hydrogen-bond acceptors (Lipinski definition) is 5. The highest BCUT2D eigenvalue weighted by molar-refractivity contribution is 7.89. The normalized spacial score (nSPS) is 12.3. The van der Waals surface area contributed by atoms with E-state index in [0.717, 1.165) is 0 Å². The number of hydrogen-bond donors (Lipinski definition) is 2. The maximum Gasteiger partial charge on any atom is 0.255 e. The zero-order valence-electron chi connectivity index (χ0n) is 17.4. The lowest BCUT2D eigenvalue weighted by Gasteiger charge is -2.12. The van der Waals surface area contributed by atoms with Gasteiger partial charge < -0.3 is 9.73 Å². The second-order valence-electron chi connectivity index (χ2n) is 8.03. The molecule has 2 N–H and O–H groups in total. The van der Waals surface area contributed by atoms with E-state index < -0.39 is 15.9 Å². The van der Waals surface area contributed by atoms with Gasteiger partial charge >= 0.3 is 0 Å². The number of carbonyl (C=O) groups is 1. The Morgan fingerprint density at radius 2 is 1.79 bits per heavy atom. The van der Waals surface area contributed by atoms with Crippen LogP contribution in [0.4, 0.5) is 5.69 Å². The number of aryl methyl sites for hydroxylation is 1. The monoisotopic (exact) mass is 415 g/mol. The van der Waals surface area contributed by atoms with Crippen molar-refractivity contribution in [3.8, 4) is 0 Å². The SMILES string of the molecule is CNS(=O)(=O)c1cc(C(=O)Nc2ccc3oc(C(C)(C)C)nc3c2)cc(C)c1C. The van der Waals surface area contributed by atoms with E-state index in [2.05, 4.69) is 15.0 Å². The minimum atomic E-state index is -3.67. The molecule has 0 spiro atoms. The van der Waals surface area contributed by atoms with Crippen molar-refractivity contribution in [2.75, 3.05) is 12.4 Å². The molecular formula is C21H25N3O4S. The lowest BCUT2D eigenvalue weighted by atomic mass is 9.97. The third-order valence-corrected chi connectivity index (χ3v) is 6.27. The van der Waals surface area contributed by atoms with Gasteiger partial charge in [-0.05, 0) is 62.4 Å². The summed E-state index contributed by atoms with van der Waals surface area (Å²) < 4.78 is 32.6. The molecule has 0 atom stereocenters. The molecule has 0 fully saturated rings. The summed E-state index contributed by atoms with van der Waals surface area (Å²) in [4.78, 5) is 17.4. The summed E-state index contributed by atoms with van der Waals surface area (Å²) in [6.07, 6.45) is 0. The fourth-order valence-electron chi connectivity index (χ4n) is 2.88. The zero-order chi connectivity index (χ0) is 21.6.